The van der Waals surface area contributed by atoms with Crippen molar-refractivity contribution in [1.82, 2.24) is 0 Å². The topological polar surface area (TPSA) is 38.0 Å². The number of halogens is 1. The Morgan fingerprint density at radius 2 is 1.89 bits per heavy atom. The van der Waals surface area contributed by atoms with E-state index >= 15 is 0 Å². The maximum atomic E-state index is 13.5. The van der Waals surface area contributed by atoms with Gasteiger partial charge >= 0.3 is 0 Å². The zero-order valence-electron chi connectivity index (χ0n) is 10.8. The molecule has 3 N–H and O–H groups in total. The minimum atomic E-state index is -0.241. The van der Waals surface area contributed by atoms with Gasteiger partial charge in [-0.2, -0.15) is 0 Å². The largest absolute Gasteiger partial charge is 0.389 e. The summed E-state index contributed by atoms with van der Waals surface area (Å²) in [6, 6.07) is 10.7. The van der Waals surface area contributed by atoms with Crippen LogP contribution >= 0.6 is 12.2 Å². The Bertz CT molecular complexity index is 638. The van der Waals surface area contributed by atoms with E-state index in [0.29, 0.717) is 16.2 Å². The van der Waals surface area contributed by atoms with Crippen LogP contribution in [0, 0.1) is 19.7 Å². The van der Waals surface area contributed by atoms with E-state index in [-0.39, 0.29) is 5.82 Å². The Morgan fingerprint density at radius 3 is 2.58 bits per heavy atom. The third-order valence-corrected chi connectivity index (χ3v) is 3.20. The molecule has 2 aromatic rings. The summed E-state index contributed by atoms with van der Waals surface area (Å²) in [5.41, 5.74) is 9.61. The highest BCUT2D eigenvalue weighted by molar-refractivity contribution is 7.80. The van der Waals surface area contributed by atoms with E-state index in [9.17, 15) is 4.39 Å². The van der Waals surface area contributed by atoms with Gasteiger partial charge in [0.25, 0.3) is 0 Å². The molecule has 98 valence electrons. The molecule has 0 heterocycles. The number of hydrogen-bond acceptors (Lipinski definition) is 2. The van der Waals surface area contributed by atoms with Crippen LogP contribution in [-0.2, 0) is 0 Å². The highest BCUT2D eigenvalue weighted by atomic mass is 32.1. The van der Waals surface area contributed by atoms with E-state index in [4.69, 9.17) is 18.0 Å². The van der Waals surface area contributed by atoms with Crippen molar-refractivity contribution in [3.05, 3.63) is 58.9 Å². The number of hydrogen-bond donors (Lipinski definition) is 2. The maximum absolute atomic E-state index is 13.5. The Kier molecular flexibility index (Phi) is 3.81. The third kappa shape index (κ3) is 2.90. The van der Waals surface area contributed by atoms with Crippen molar-refractivity contribution >= 4 is 28.6 Å². The molecule has 2 aromatic carbocycles. The van der Waals surface area contributed by atoms with Crippen molar-refractivity contribution < 1.29 is 4.39 Å². The average molecular weight is 274 g/mol. The van der Waals surface area contributed by atoms with Crippen LogP contribution in [0.3, 0.4) is 0 Å². The fourth-order valence-electron chi connectivity index (χ4n) is 1.86. The molecular formula is C15H15FN2S. The van der Waals surface area contributed by atoms with Crippen molar-refractivity contribution in [3.8, 4) is 0 Å². The summed E-state index contributed by atoms with van der Waals surface area (Å²) in [7, 11) is 0. The van der Waals surface area contributed by atoms with Gasteiger partial charge in [0, 0.05) is 22.5 Å². The number of anilines is 2. The van der Waals surface area contributed by atoms with Gasteiger partial charge in [-0.25, -0.2) is 4.39 Å². The van der Waals surface area contributed by atoms with Gasteiger partial charge in [0.05, 0.1) is 0 Å². The zero-order chi connectivity index (χ0) is 14.0. The predicted molar refractivity (Wildman–Crippen MR) is 81.5 cm³/mol. The van der Waals surface area contributed by atoms with Crippen LogP contribution < -0.4 is 11.1 Å². The molecule has 0 radical (unpaired) electrons. The number of thiocarbonyl (C=S) groups is 1. The molecule has 0 unspecified atom stereocenters. The molecule has 0 aliphatic heterocycles. The molecule has 4 heteroatoms. The van der Waals surface area contributed by atoms with Crippen LogP contribution in [0.25, 0.3) is 0 Å². The number of rotatable bonds is 3. The summed E-state index contributed by atoms with van der Waals surface area (Å²) in [5, 5.41) is 3.20. The summed E-state index contributed by atoms with van der Waals surface area (Å²) in [6.45, 7) is 3.71. The SMILES string of the molecule is Cc1ccc(C(N)=S)c(Nc2cccc(F)c2C)c1. The first-order valence-corrected chi connectivity index (χ1v) is 6.32. The highest BCUT2D eigenvalue weighted by Crippen LogP contribution is 2.25. The van der Waals surface area contributed by atoms with Gasteiger partial charge in [0.2, 0.25) is 0 Å². The summed E-state index contributed by atoms with van der Waals surface area (Å²) in [4.78, 5) is 0.316. The van der Waals surface area contributed by atoms with E-state index in [1.54, 1.807) is 13.0 Å². The first-order valence-electron chi connectivity index (χ1n) is 5.91. The van der Waals surface area contributed by atoms with E-state index < -0.39 is 0 Å². The zero-order valence-corrected chi connectivity index (χ0v) is 11.6. The van der Waals surface area contributed by atoms with Gasteiger partial charge in [-0.1, -0.05) is 24.4 Å². The van der Waals surface area contributed by atoms with E-state index in [2.05, 4.69) is 5.32 Å². The summed E-state index contributed by atoms with van der Waals surface area (Å²) in [6.07, 6.45) is 0. The molecule has 0 amide bonds. The van der Waals surface area contributed by atoms with E-state index in [1.807, 2.05) is 31.2 Å². The lowest BCUT2D eigenvalue weighted by molar-refractivity contribution is 0.619. The predicted octanol–water partition coefficient (Wildman–Crippen LogP) is 3.82. The maximum Gasteiger partial charge on any atom is 0.128 e. The molecule has 0 atom stereocenters. The quantitative estimate of drug-likeness (QED) is 0.836. The molecular weight excluding hydrogens is 259 g/mol. The smallest absolute Gasteiger partial charge is 0.128 e. The summed E-state index contributed by atoms with van der Waals surface area (Å²) < 4.78 is 13.5. The molecule has 0 aliphatic rings. The van der Waals surface area contributed by atoms with Crippen molar-refractivity contribution in [3.63, 3.8) is 0 Å². The van der Waals surface area contributed by atoms with Gasteiger partial charge in [0.15, 0.2) is 0 Å². The average Bonchev–Trinajstić information content (AvgIpc) is 2.35. The fraction of sp³-hybridized carbons (Fsp3) is 0.133. The molecule has 2 nitrogen and oxygen atoms in total. The van der Waals surface area contributed by atoms with Crippen LogP contribution in [0.1, 0.15) is 16.7 Å². The Balaban J connectivity index is 2.45. The lowest BCUT2D eigenvalue weighted by Crippen LogP contribution is -2.12. The molecule has 19 heavy (non-hydrogen) atoms. The van der Waals surface area contributed by atoms with Crippen LogP contribution in [0.15, 0.2) is 36.4 Å². The Labute approximate surface area is 117 Å². The number of nitrogens with two attached hydrogens (primary N) is 1. The van der Waals surface area contributed by atoms with Crippen molar-refractivity contribution in [2.45, 2.75) is 13.8 Å². The van der Waals surface area contributed by atoms with Gasteiger partial charge in [0.1, 0.15) is 10.8 Å². The standard InChI is InChI=1S/C15H15FN2S/c1-9-6-7-11(15(17)19)14(8-9)18-13-5-3-4-12(16)10(13)2/h3-8,18H,1-2H3,(H2,17,19). The number of nitrogens with one attached hydrogen (secondary N) is 1. The van der Waals surface area contributed by atoms with Crippen LogP contribution in [-0.4, -0.2) is 4.99 Å². The molecule has 0 spiro atoms. The molecule has 0 aromatic heterocycles. The van der Waals surface area contributed by atoms with Crippen molar-refractivity contribution in [2.75, 3.05) is 5.32 Å². The van der Waals surface area contributed by atoms with Crippen LogP contribution in [0.4, 0.5) is 15.8 Å². The normalized spacial score (nSPS) is 10.3. The van der Waals surface area contributed by atoms with Crippen LogP contribution in [0.5, 0.6) is 0 Å². The van der Waals surface area contributed by atoms with E-state index in [1.165, 1.54) is 6.07 Å². The van der Waals surface area contributed by atoms with Gasteiger partial charge in [-0.05, 0) is 43.7 Å². The summed E-state index contributed by atoms with van der Waals surface area (Å²) in [5.74, 6) is -0.241. The van der Waals surface area contributed by atoms with Crippen molar-refractivity contribution in [1.29, 1.82) is 0 Å². The Hall–Kier alpha value is -1.94. The van der Waals surface area contributed by atoms with Gasteiger partial charge in [-0.15, -0.1) is 0 Å². The lowest BCUT2D eigenvalue weighted by Gasteiger charge is -2.14. The fourth-order valence-corrected chi connectivity index (χ4v) is 2.04. The van der Waals surface area contributed by atoms with Gasteiger partial charge < -0.3 is 11.1 Å². The number of benzene rings is 2. The monoisotopic (exact) mass is 274 g/mol. The molecule has 0 aliphatic carbocycles. The molecule has 0 saturated carbocycles. The first kappa shape index (κ1) is 13.5. The van der Waals surface area contributed by atoms with E-state index in [0.717, 1.165) is 16.8 Å². The Morgan fingerprint density at radius 1 is 1.16 bits per heavy atom. The molecule has 0 fully saturated rings. The van der Waals surface area contributed by atoms with Crippen molar-refractivity contribution in [2.24, 2.45) is 5.73 Å². The second-order valence-corrected chi connectivity index (χ2v) is 4.89. The first-order chi connectivity index (χ1) is 8.99. The third-order valence-electron chi connectivity index (χ3n) is 2.98. The van der Waals surface area contributed by atoms with Crippen LogP contribution in [0.2, 0.25) is 0 Å². The molecule has 0 saturated heterocycles. The second-order valence-electron chi connectivity index (χ2n) is 4.45. The summed E-state index contributed by atoms with van der Waals surface area (Å²) >= 11 is 5.03. The number of aryl methyl sites for hydroxylation is 1. The molecule has 2 rings (SSSR count). The van der Waals surface area contributed by atoms with Gasteiger partial charge in [-0.3, -0.25) is 0 Å². The minimum absolute atomic E-state index is 0.241. The minimum Gasteiger partial charge on any atom is -0.389 e. The lowest BCUT2D eigenvalue weighted by atomic mass is 10.1. The molecule has 0 bridgehead atoms. The second kappa shape index (κ2) is 5.36. The highest BCUT2D eigenvalue weighted by Gasteiger charge is 2.08.